The number of hydrogen-bond donors (Lipinski definition) is 4. The number of aromatic amines is 1. The molecule has 4 rings (SSSR count). The van der Waals surface area contributed by atoms with Crippen molar-refractivity contribution in [3.63, 3.8) is 0 Å². The van der Waals surface area contributed by atoms with Gasteiger partial charge in [-0.05, 0) is 50.2 Å². The average Bonchev–Trinajstić information content (AvgIpc) is 3.08. The summed E-state index contributed by atoms with van der Waals surface area (Å²) in [5, 5.41) is 13.9. The van der Waals surface area contributed by atoms with Gasteiger partial charge in [0, 0.05) is 41.8 Å². The molecule has 0 atom stereocenters. The second-order valence-electron chi connectivity index (χ2n) is 8.28. The molecule has 5 N–H and O–H groups in total. The Bertz CT molecular complexity index is 1290. The van der Waals surface area contributed by atoms with Crippen LogP contribution in [0.15, 0.2) is 77.6 Å². The first-order chi connectivity index (χ1) is 17.0. The van der Waals surface area contributed by atoms with Gasteiger partial charge < -0.3 is 21.3 Å². The highest BCUT2D eigenvalue weighted by molar-refractivity contribution is 6.14. The summed E-state index contributed by atoms with van der Waals surface area (Å²) in [4.78, 5) is 32.3. The van der Waals surface area contributed by atoms with Crippen LogP contribution < -0.4 is 16.4 Å². The number of rotatable bonds is 6. The van der Waals surface area contributed by atoms with E-state index in [0.717, 1.165) is 37.0 Å². The number of carbonyl (C=O) groups is 2. The first-order valence-corrected chi connectivity index (χ1v) is 11.5. The molecule has 0 saturated carbocycles. The number of nitrogens with two attached hydrogens (primary N) is 1. The van der Waals surface area contributed by atoms with Gasteiger partial charge in [0.15, 0.2) is 5.82 Å². The van der Waals surface area contributed by atoms with Gasteiger partial charge in [-0.2, -0.15) is 5.10 Å². The number of aliphatic imine (C=N–C) groups is 1. The number of nitrogens with zero attached hydrogens (tertiary/aromatic N) is 3. The smallest absolute Gasteiger partial charge is 0.277 e. The van der Waals surface area contributed by atoms with Crippen LogP contribution >= 0.6 is 0 Å². The number of amides is 2. The molecule has 1 saturated heterocycles. The first-order valence-electron chi connectivity index (χ1n) is 11.5. The van der Waals surface area contributed by atoms with Crippen LogP contribution in [0.2, 0.25) is 0 Å². The van der Waals surface area contributed by atoms with Gasteiger partial charge in [0.1, 0.15) is 5.70 Å². The maximum Gasteiger partial charge on any atom is 0.277 e. The topological polar surface area (TPSA) is 128 Å². The fourth-order valence-electron chi connectivity index (χ4n) is 3.91. The van der Waals surface area contributed by atoms with E-state index >= 15 is 0 Å². The fourth-order valence-corrected chi connectivity index (χ4v) is 3.91. The zero-order valence-corrected chi connectivity index (χ0v) is 19.7. The van der Waals surface area contributed by atoms with Gasteiger partial charge in [-0.1, -0.05) is 30.8 Å². The lowest BCUT2D eigenvalue weighted by molar-refractivity contribution is -0.112. The van der Waals surface area contributed by atoms with Crippen LogP contribution in [0, 0.1) is 0 Å². The number of para-hydroxylation sites is 1. The number of allylic oxidation sites excluding steroid dienone is 2. The molecule has 0 unspecified atom stereocenters. The van der Waals surface area contributed by atoms with Crippen LogP contribution in [-0.2, 0) is 4.79 Å². The van der Waals surface area contributed by atoms with Crippen molar-refractivity contribution in [3.05, 3.63) is 83.7 Å². The van der Waals surface area contributed by atoms with Crippen molar-refractivity contribution >= 4 is 34.2 Å². The van der Waals surface area contributed by atoms with E-state index in [1.807, 2.05) is 29.2 Å². The number of aromatic nitrogens is 2. The minimum absolute atomic E-state index is 0.00124. The second kappa shape index (κ2) is 10.8. The number of hydrogen-bond acceptors (Lipinski definition) is 6. The maximum absolute atomic E-state index is 13.0. The molecule has 0 radical (unpaired) electrons. The summed E-state index contributed by atoms with van der Waals surface area (Å²) in [6.07, 6.45) is 2.48. The molecule has 1 fully saturated rings. The Morgan fingerprint density at radius 3 is 2.60 bits per heavy atom. The van der Waals surface area contributed by atoms with Gasteiger partial charge in [0.2, 0.25) is 0 Å². The van der Waals surface area contributed by atoms with Crippen LogP contribution in [0.5, 0.6) is 0 Å². The molecule has 2 amide bonds. The van der Waals surface area contributed by atoms with E-state index in [0.29, 0.717) is 29.2 Å². The summed E-state index contributed by atoms with van der Waals surface area (Å²) in [7, 11) is 0. The molecule has 0 aliphatic carbocycles. The summed E-state index contributed by atoms with van der Waals surface area (Å²) < 4.78 is 0. The highest BCUT2D eigenvalue weighted by Crippen LogP contribution is 2.21. The van der Waals surface area contributed by atoms with E-state index in [1.165, 1.54) is 0 Å². The summed E-state index contributed by atoms with van der Waals surface area (Å²) in [5.74, 6) is -0.0872. The SMILES string of the molecule is C=C/C(=N\C(C(=O)Nc1n[nH]c2ccccc12)=C(/C)N)c1ccc(C(=O)N2CCCNCC2)cc1. The number of benzene rings is 2. The zero-order chi connectivity index (χ0) is 24.8. The third-order valence-electron chi connectivity index (χ3n) is 5.77. The largest absolute Gasteiger partial charge is 0.400 e. The Balaban J connectivity index is 1.54. The van der Waals surface area contributed by atoms with E-state index in [-0.39, 0.29) is 17.3 Å². The van der Waals surface area contributed by atoms with E-state index < -0.39 is 5.91 Å². The van der Waals surface area contributed by atoms with Gasteiger partial charge >= 0.3 is 0 Å². The van der Waals surface area contributed by atoms with Crippen molar-refractivity contribution in [2.45, 2.75) is 13.3 Å². The van der Waals surface area contributed by atoms with Crippen LogP contribution in [0.25, 0.3) is 10.9 Å². The van der Waals surface area contributed by atoms with E-state index in [4.69, 9.17) is 5.73 Å². The molecular weight excluding hydrogens is 442 g/mol. The number of carbonyl (C=O) groups excluding carboxylic acids is 2. The number of fused-ring (bicyclic) bond motifs is 1. The second-order valence-corrected chi connectivity index (χ2v) is 8.28. The van der Waals surface area contributed by atoms with E-state index in [2.05, 4.69) is 32.4 Å². The van der Waals surface area contributed by atoms with Crippen molar-refractivity contribution in [2.24, 2.45) is 10.7 Å². The predicted molar refractivity (Wildman–Crippen MR) is 138 cm³/mol. The van der Waals surface area contributed by atoms with Gasteiger partial charge in [-0.3, -0.25) is 14.7 Å². The van der Waals surface area contributed by atoms with Crippen LogP contribution in [-0.4, -0.2) is 58.8 Å². The standard InChI is InChI=1S/C26H29N7O2/c1-3-21(18-9-11-19(12-10-18)26(35)33-15-6-13-28-14-16-33)29-23(17(2)27)25(34)30-24-20-7-4-5-8-22(20)31-32-24/h3-5,7-12,28H,1,6,13-16,27H2,2H3,(H2,30,31,32,34)/b23-17+,29-21+. The molecule has 0 spiro atoms. The zero-order valence-electron chi connectivity index (χ0n) is 19.7. The minimum atomic E-state index is -0.483. The summed E-state index contributed by atoms with van der Waals surface area (Å²) in [5.41, 5.74) is 8.91. The Kier molecular flexibility index (Phi) is 7.37. The molecule has 1 aromatic heterocycles. The minimum Gasteiger partial charge on any atom is -0.400 e. The number of anilines is 1. The lowest BCUT2D eigenvalue weighted by Crippen LogP contribution is -2.34. The van der Waals surface area contributed by atoms with Gasteiger partial charge in [-0.25, -0.2) is 4.99 Å². The molecule has 1 aliphatic heterocycles. The molecule has 2 aromatic carbocycles. The van der Waals surface area contributed by atoms with Gasteiger partial charge in [0.05, 0.1) is 11.2 Å². The third-order valence-corrected chi connectivity index (χ3v) is 5.77. The lowest BCUT2D eigenvalue weighted by atomic mass is 10.1. The van der Waals surface area contributed by atoms with Crippen LogP contribution in [0.3, 0.4) is 0 Å². The van der Waals surface area contributed by atoms with Gasteiger partial charge in [0.25, 0.3) is 11.8 Å². The molecule has 180 valence electrons. The van der Waals surface area contributed by atoms with Crippen molar-refractivity contribution in [1.82, 2.24) is 20.4 Å². The Hall–Kier alpha value is -4.24. The van der Waals surface area contributed by atoms with Crippen molar-refractivity contribution in [2.75, 3.05) is 31.5 Å². The maximum atomic E-state index is 13.0. The first kappa shape index (κ1) is 23.9. The molecular formula is C26H29N7O2. The Morgan fingerprint density at radius 1 is 1.11 bits per heavy atom. The quantitative estimate of drug-likeness (QED) is 0.325. The normalized spacial score (nSPS) is 15.3. The lowest BCUT2D eigenvalue weighted by Gasteiger charge is -2.20. The molecule has 35 heavy (non-hydrogen) atoms. The van der Waals surface area contributed by atoms with Crippen molar-refractivity contribution in [3.8, 4) is 0 Å². The molecule has 9 heteroatoms. The highest BCUT2D eigenvalue weighted by Gasteiger charge is 2.18. The molecule has 2 heterocycles. The van der Waals surface area contributed by atoms with E-state index in [1.54, 1.807) is 37.3 Å². The Morgan fingerprint density at radius 2 is 1.86 bits per heavy atom. The molecule has 3 aromatic rings. The monoisotopic (exact) mass is 471 g/mol. The van der Waals surface area contributed by atoms with Crippen molar-refractivity contribution < 1.29 is 9.59 Å². The average molecular weight is 472 g/mol. The summed E-state index contributed by atoms with van der Waals surface area (Å²) in [6.45, 7) is 8.58. The fraction of sp³-hybridized carbons (Fsp3) is 0.231. The van der Waals surface area contributed by atoms with Gasteiger partial charge in [-0.15, -0.1) is 0 Å². The van der Waals surface area contributed by atoms with E-state index in [9.17, 15) is 9.59 Å². The molecule has 0 bridgehead atoms. The predicted octanol–water partition coefficient (Wildman–Crippen LogP) is 2.80. The Labute approximate surface area is 203 Å². The van der Waals surface area contributed by atoms with Crippen LogP contribution in [0.4, 0.5) is 5.82 Å². The summed E-state index contributed by atoms with van der Waals surface area (Å²) in [6, 6.07) is 14.6. The van der Waals surface area contributed by atoms with Crippen LogP contribution in [0.1, 0.15) is 29.3 Å². The highest BCUT2D eigenvalue weighted by atomic mass is 16.2. The van der Waals surface area contributed by atoms with Crippen molar-refractivity contribution in [1.29, 1.82) is 0 Å². The molecule has 1 aliphatic rings. The number of H-pyrrole nitrogens is 1. The third kappa shape index (κ3) is 5.47. The molecule has 9 nitrogen and oxygen atoms in total. The summed E-state index contributed by atoms with van der Waals surface area (Å²) >= 11 is 0. The number of nitrogens with one attached hydrogen (secondary N) is 3.